The summed E-state index contributed by atoms with van der Waals surface area (Å²) in [5, 5.41) is 3.53. The van der Waals surface area contributed by atoms with Gasteiger partial charge in [0.05, 0.1) is 11.9 Å². The van der Waals surface area contributed by atoms with E-state index in [4.69, 9.17) is 11.6 Å². The average molecular weight is 598 g/mol. The van der Waals surface area contributed by atoms with Gasteiger partial charge in [0.15, 0.2) is 0 Å². The topological polar surface area (TPSA) is 86.8 Å². The van der Waals surface area contributed by atoms with Gasteiger partial charge >= 0.3 is 0 Å². The minimum absolute atomic E-state index is 0.0280. The van der Waals surface area contributed by atoms with Crippen LogP contribution in [0.3, 0.4) is 0 Å². The largest absolute Gasteiger partial charge is 0.352 e. The maximum atomic E-state index is 14.2. The molecule has 220 valence electrons. The van der Waals surface area contributed by atoms with Crippen molar-refractivity contribution in [3.63, 3.8) is 0 Å². The number of halogens is 1. The molecule has 0 aromatic heterocycles. The van der Waals surface area contributed by atoms with Gasteiger partial charge in [-0.2, -0.15) is 0 Å². The lowest BCUT2D eigenvalue weighted by atomic mass is 10.0. The predicted molar refractivity (Wildman–Crippen MR) is 167 cm³/mol. The minimum atomic E-state index is -3.85. The maximum absolute atomic E-state index is 14.2. The fraction of sp³-hybridized carbons (Fsp3) is 0.375. The number of anilines is 1. The highest BCUT2D eigenvalue weighted by Crippen LogP contribution is 2.29. The fourth-order valence-electron chi connectivity index (χ4n) is 4.62. The Morgan fingerprint density at radius 1 is 0.902 bits per heavy atom. The van der Waals surface area contributed by atoms with Gasteiger partial charge in [-0.3, -0.25) is 13.9 Å². The zero-order valence-corrected chi connectivity index (χ0v) is 26.0. The third-order valence-electron chi connectivity index (χ3n) is 7.02. The van der Waals surface area contributed by atoms with Crippen molar-refractivity contribution in [1.29, 1.82) is 0 Å². The zero-order chi connectivity index (χ0) is 30.2. The number of rotatable bonds is 13. The Morgan fingerprint density at radius 2 is 1.54 bits per heavy atom. The highest BCUT2D eigenvalue weighted by molar-refractivity contribution is 7.92. The first-order valence-corrected chi connectivity index (χ1v) is 16.1. The van der Waals surface area contributed by atoms with Gasteiger partial charge in [-0.25, -0.2) is 8.42 Å². The van der Waals surface area contributed by atoms with E-state index in [1.807, 2.05) is 76.2 Å². The molecule has 0 radical (unpaired) electrons. The van der Waals surface area contributed by atoms with Crippen LogP contribution in [0.4, 0.5) is 5.69 Å². The summed E-state index contributed by atoms with van der Waals surface area (Å²) >= 11 is 6.27. The van der Waals surface area contributed by atoms with Crippen molar-refractivity contribution in [2.45, 2.75) is 65.1 Å². The second-order valence-electron chi connectivity index (χ2n) is 10.7. The number of para-hydroxylation sites is 1. The number of carbonyl (C=O) groups is 2. The Kier molecular flexibility index (Phi) is 11.4. The molecule has 41 heavy (non-hydrogen) atoms. The molecule has 0 saturated heterocycles. The number of sulfonamides is 1. The molecule has 2 amide bonds. The van der Waals surface area contributed by atoms with E-state index in [1.165, 1.54) is 4.90 Å². The van der Waals surface area contributed by atoms with E-state index in [0.29, 0.717) is 10.7 Å². The van der Waals surface area contributed by atoms with E-state index in [1.54, 1.807) is 30.3 Å². The Hall–Kier alpha value is -3.36. The highest BCUT2D eigenvalue weighted by Gasteiger charge is 2.34. The predicted octanol–water partition coefficient (Wildman–Crippen LogP) is 5.78. The van der Waals surface area contributed by atoms with Crippen molar-refractivity contribution in [2.24, 2.45) is 0 Å². The zero-order valence-electron chi connectivity index (χ0n) is 24.4. The first-order valence-electron chi connectivity index (χ1n) is 13.9. The molecule has 7 nitrogen and oxygen atoms in total. The first kappa shape index (κ1) is 32.2. The third kappa shape index (κ3) is 9.07. The fourth-order valence-corrected chi connectivity index (χ4v) is 5.71. The van der Waals surface area contributed by atoms with Crippen LogP contribution < -0.4 is 9.62 Å². The molecule has 0 aliphatic carbocycles. The lowest BCUT2D eigenvalue weighted by Crippen LogP contribution is -2.54. The summed E-state index contributed by atoms with van der Waals surface area (Å²) in [6, 6.07) is 22.8. The lowest BCUT2D eigenvalue weighted by molar-refractivity contribution is -0.140. The summed E-state index contributed by atoms with van der Waals surface area (Å²) in [7, 11) is -3.85. The minimum Gasteiger partial charge on any atom is -0.352 e. The number of nitrogens with one attached hydrogen (secondary N) is 1. The Morgan fingerprint density at radius 3 is 2.15 bits per heavy atom. The molecular formula is C32H40ClN3O4S. The van der Waals surface area contributed by atoms with Gasteiger partial charge in [0.1, 0.15) is 12.6 Å². The molecule has 9 heteroatoms. The van der Waals surface area contributed by atoms with Crippen LogP contribution in [-0.4, -0.2) is 50.0 Å². The van der Waals surface area contributed by atoms with Crippen LogP contribution in [0.15, 0.2) is 78.9 Å². The molecule has 0 aliphatic heterocycles. The molecule has 1 N–H and O–H groups in total. The van der Waals surface area contributed by atoms with Crippen LogP contribution in [0.25, 0.3) is 0 Å². The summed E-state index contributed by atoms with van der Waals surface area (Å²) in [6.07, 6.45) is 2.08. The van der Waals surface area contributed by atoms with Crippen molar-refractivity contribution in [1.82, 2.24) is 10.2 Å². The molecule has 0 bridgehead atoms. The standard InChI is InChI=1S/C32H40ClN3O4S/c1-6-24(4)34-32(38)30(20-25-13-8-7-9-14-25)35(21-26-15-12-16-27(33)19-26)31(37)22-36(41(5,39)40)29-18-11-10-17-28(29)23(2)3/h7-19,23-24,30H,6,20-22H2,1-5H3,(H,34,38)/t24-,30-/m0/s1. The molecule has 2 atom stereocenters. The average Bonchev–Trinajstić information content (AvgIpc) is 2.93. The van der Waals surface area contributed by atoms with Gasteiger partial charge < -0.3 is 10.2 Å². The molecule has 3 aromatic carbocycles. The van der Waals surface area contributed by atoms with Crippen molar-refractivity contribution < 1.29 is 18.0 Å². The molecule has 0 fully saturated rings. The molecular weight excluding hydrogens is 558 g/mol. The summed E-state index contributed by atoms with van der Waals surface area (Å²) in [5.41, 5.74) is 2.87. The number of hydrogen-bond donors (Lipinski definition) is 1. The van der Waals surface area contributed by atoms with Crippen LogP contribution >= 0.6 is 11.6 Å². The Bertz CT molecular complexity index is 1430. The molecule has 3 aromatic rings. The van der Waals surface area contributed by atoms with Crippen LogP contribution in [0.2, 0.25) is 5.02 Å². The van der Waals surface area contributed by atoms with Crippen LogP contribution in [-0.2, 0) is 32.6 Å². The number of amides is 2. The summed E-state index contributed by atoms with van der Waals surface area (Å²) < 4.78 is 27.4. The van der Waals surface area contributed by atoms with Crippen molar-refractivity contribution in [2.75, 3.05) is 17.1 Å². The second kappa shape index (κ2) is 14.5. The Labute approximate surface area is 249 Å². The van der Waals surface area contributed by atoms with E-state index >= 15 is 0 Å². The van der Waals surface area contributed by atoms with E-state index < -0.39 is 28.5 Å². The van der Waals surface area contributed by atoms with E-state index in [9.17, 15) is 18.0 Å². The molecule has 0 aliphatic rings. The molecule has 0 saturated carbocycles. The molecule has 0 heterocycles. The normalized spacial score (nSPS) is 13.0. The summed E-state index contributed by atoms with van der Waals surface area (Å²) in [4.78, 5) is 29.5. The number of benzene rings is 3. The number of carbonyl (C=O) groups excluding carboxylic acids is 2. The number of nitrogens with zero attached hydrogens (tertiary/aromatic N) is 2. The molecule has 0 spiro atoms. The lowest BCUT2D eigenvalue weighted by Gasteiger charge is -2.34. The van der Waals surface area contributed by atoms with Crippen LogP contribution in [0.5, 0.6) is 0 Å². The van der Waals surface area contributed by atoms with E-state index in [-0.39, 0.29) is 30.8 Å². The SMILES string of the molecule is CC[C@H](C)NC(=O)[C@H](Cc1ccccc1)N(Cc1cccc(Cl)c1)C(=O)CN(c1ccccc1C(C)C)S(C)(=O)=O. The Balaban J connectivity index is 2.10. The van der Waals surface area contributed by atoms with Crippen LogP contribution in [0, 0.1) is 0 Å². The smallest absolute Gasteiger partial charge is 0.244 e. The molecule has 3 rings (SSSR count). The summed E-state index contributed by atoms with van der Waals surface area (Å²) in [5.74, 6) is -0.762. The van der Waals surface area contributed by atoms with Gasteiger partial charge in [0.2, 0.25) is 21.8 Å². The van der Waals surface area contributed by atoms with Gasteiger partial charge in [-0.15, -0.1) is 0 Å². The second-order valence-corrected chi connectivity index (χ2v) is 13.0. The quantitative estimate of drug-likeness (QED) is 0.270. The number of hydrogen-bond acceptors (Lipinski definition) is 4. The van der Waals surface area contributed by atoms with Gasteiger partial charge in [-0.05, 0) is 54.2 Å². The summed E-state index contributed by atoms with van der Waals surface area (Å²) in [6.45, 7) is 7.46. The molecule has 0 unspecified atom stereocenters. The monoisotopic (exact) mass is 597 g/mol. The third-order valence-corrected chi connectivity index (χ3v) is 8.38. The van der Waals surface area contributed by atoms with Crippen molar-refractivity contribution in [3.05, 3.63) is 101 Å². The van der Waals surface area contributed by atoms with Crippen molar-refractivity contribution >= 4 is 39.1 Å². The van der Waals surface area contributed by atoms with Gasteiger partial charge in [-0.1, -0.05) is 93.0 Å². The van der Waals surface area contributed by atoms with Gasteiger partial charge in [0, 0.05) is 24.0 Å². The maximum Gasteiger partial charge on any atom is 0.244 e. The highest BCUT2D eigenvalue weighted by atomic mass is 35.5. The van der Waals surface area contributed by atoms with Gasteiger partial charge in [0.25, 0.3) is 0 Å². The van der Waals surface area contributed by atoms with E-state index in [2.05, 4.69) is 5.32 Å². The van der Waals surface area contributed by atoms with Crippen LogP contribution in [0.1, 0.15) is 56.7 Å². The first-order chi connectivity index (χ1) is 19.4. The van der Waals surface area contributed by atoms with E-state index in [0.717, 1.165) is 33.7 Å². The van der Waals surface area contributed by atoms with Crippen molar-refractivity contribution in [3.8, 4) is 0 Å².